The van der Waals surface area contributed by atoms with E-state index < -0.39 is 10.0 Å². The summed E-state index contributed by atoms with van der Waals surface area (Å²) in [6.45, 7) is 4.98. The summed E-state index contributed by atoms with van der Waals surface area (Å²) < 4.78 is 26.5. The predicted octanol–water partition coefficient (Wildman–Crippen LogP) is 0.690. The number of amides is 1. The number of hydrogen-bond acceptors (Lipinski definition) is 5. The van der Waals surface area contributed by atoms with E-state index in [1.165, 1.54) is 11.3 Å². The maximum Gasteiger partial charge on any atom is 0.250 e. The molecule has 0 radical (unpaired) electrons. The summed E-state index contributed by atoms with van der Waals surface area (Å²) in [5, 5.41) is 2.83. The average Bonchev–Trinajstić information content (AvgIpc) is 2.85. The maximum atomic E-state index is 11.9. The van der Waals surface area contributed by atoms with Crippen molar-refractivity contribution in [2.75, 3.05) is 19.6 Å². The highest BCUT2D eigenvalue weighted by Crippen LogP contribution is 2.21. The zero-order valence-electron chi connectivity index (χ0n) is 12.4. The van der Waals surface area contributed by atoms with Crippen LogP contribution in [0.2, 0.25) is 0 Å². The normalized spacial score (nSPS) is 11.8. The van der Waals surface area contributed by atoms with Crippen LogP contribution in [0.25, 0.3) is 0 Å². The summed E-state index contributed by atoms with van der Waals surface area (Å²) in [5.41, 5.74) is 5.28. The van der Waals surface area contributed by atoms with E-state index in [0.29, 0.717) is 25.3 Å². The Morgan fingerprint density at radius 3 is 2.67 bits per heavy atom. The molecule has 120 valence electrons. The number of carbonyl (C=O) groups excluding carboxylic acids is 1. The lowest BCUT2D eigenvalue weighted by Crippen LogP contribution is -2.28. The van der Waals surface area contributed by atoms with Gasteiger partial charge in [0, 0.05) is 30.9 Å². The lowest BCUT2D eigenvalue weighted by molar-refractivity contribution is -0.121. The molecule has 0 saturated carbocycles. The summed E-state index contributed by atoms with van der Waals surface area (Å²) in [7, 11) is -3.46. The van der Waals surface area contributed by atoms with Crippen molar-refractivity contribution in [1.82, 2.24) is 10.0 Å². The highest BCUT2D eigenvalue weighted by molar-refractivity contribution is 7.91. The zero-order chi connectivity index (χ0) is 15.9. The molecule has 0 aromatic carbocycles. The fraction of sp³-hybridized carbons (Fsp3) is 0.615. The van der Waals surface area contributed by atoms with Crippen LogP contribution in [0.3, 0.4) is 0 Å². The molecular formula is C13H23N3O3S2. The van der Waals surface area contributed by atoms with Crippen molar-refractivity contribution < 1.29 is 13.2 Å². The topological polar surface area (TPSA) is 101 Å². The molecule has 8 heteroatoms. The molecule has 0 unspecified atom stereocenters. The van der Waals surface area contributed by atoms with Gasteiger partial charge in [0.2, 0.25) is 15.9 Å². The number of rotatable bonds is 9. The van der Waals surface area contributed by atoms with Crippen LogP contribution in [0.15, 0.2) is 16.3 Å². The Balaban J connectivity index is 2.47. The summed E-state index contributed by atoms with van der Waals surface area (Å²) in [5.74, 6) is 0.358. The van der Waals surface area contributed by atoms with Crippen LogP contribution < -0.4 is 15.8 Å². The molecule has 1 aromatic heterocycles. The van der Waals surface area contributed by atoms with Gasteiger partial charge in [0.1, 0.15) is 4.21 Å². The van der Waals surface area contributed by atoms with E-state index in [0.717, 1.165) is 4.88 Å². The van der Waals surface area contributed by atoms with Gasteiger partial charge in [0.05, 0.1) is 0 Å². The number of nitrogens with two attached hydrogens (primary N) is 1. The van der Waals surface area contributed by atoms with Crippen LogP contribution in [0.5, 0.6) is 0 Å². The fourth-order valence-corrected chi connectivity index (χ4v) is 4.12. The Kier molecular flexibility index (Phi) is 7.30. The van der Waals surface area contributed by atoms with Crippen molar-refractivity contribution in [2.24, 2.45) is 11.7 Å². The van der Waals surface area contributed by atoms with Crippen LogP contribution in [0, 0.1) is 5.92 Å². The van der Waals surface area contributed by atoms with Gasteiger partial charge in [-0.15, -0.1) is 11.3 Å². The third kappa shape index (κ3) is 6.56. The zero-order valence-corrected chi connectivity index (χ0v) is 14.0. The van der Waals surface area contributed by atoms with Crippen molar-refractivity contribution in [2.45, 2.75) is 30.9 Å². The van der Waals surface area contributed by atoms with Gasteiger partial charge in [-0.25, -0.2) is 13.1 Å². The Morgan fingerprint density at radius 1 is 1.33 bits per heavy atom. The lowest BCUT2D eigenvalue weighted by atomic mass is 10.1. The van der Waals surface area contributed by atoms with Gasteiger partial charge in [-0.3, -0.25) is 4.79 Å². The van der Waals surface area contributed by atoms with Crippen molar-refractivity contribution in [1.29, 1.82) is 0 Å². The Labute approximate surface area is 130 Å². The van der Waals surface area contributed by atoms with Crippen LogP contribution in [-0.4, -0.2) is 34.0 Å². The first-order valence-electron chi connectivity index (χ1n) is 6.90. The molecule has 21 heavy (non-hydrogen) atoms. The van der Waals surface area contributed by atoms with E-state index in [1.54, 1.807) is 12.1 Å². The van der Waals surface area contributed by atoms with Crippen molar-refractivity contribution in [3.8, 4) is 0 Å². The average molecular weight is 333 g/mol. The Morgan fingerprint density at radius 2 is 2.05 bits per heavy atom. The first kappa shape index (κ1) is 18.1. The standard InChI is InChI=1S/C13H23N3O3S2/c1-10(2)9-12(17)15-7-5-11-3-4-13(20-11)21(18,19)16-8-6-14/h3-4,10,16H,5-9,14H2,1-2H3,(H,15,17). The molecule has 0 saturated heterocycles. The van der Waals surface area contributed by atoms with Gasteiger partial charge in [-0.2, -0.15) is 0 Å². The molecule has 1 amide bonds. The first-order valence-corrected chi connectivity index (χ1v) is 9.20. The number of thiophene rings is 1. The van der Waals surface area contributed by atoms with Crippen molar-refractivity contribution in [3.05, 3.63) is 17.0 Å². The summed E-state index contributed by atoms with van der Waals surface area (Å²) in [6, 6.07) is 3.35. The van der Waals surface area contributed by atoms with Gasteiger partial charge >= 0.3 is 0 Å². The van der Waals surface area contributed by atoms with E-state index >= 15 is 0 Å². The second-order valence-electron chi connectivity index (χ2n) is 5.11. The molecule has 0 spiro atoms. The molecule has 6 nitrogen and oxygen atoms in total. The predicted molar refractivity (Wildman–Crippen MR) is 84.7 cm³/mol. The summed E-state index contributed by atoms with van der Waals surface area (Å²) in [4.78, 5) is 12.4. The van der Waals surface area contributed by atoms with E-state index in [-0.39, 0.29) is 23.2 Å². The molecule has 1 aromatic rings. The second kappa shape index (κ2) is 8.47. The first-order chi connectivity index (χ1) is 9.85. The Hall–Kier alpha value is -0.960. The van der Waals surface area contributed by atoms with Crippen LogP contribution in [0.1, 0.15) is 25.1 Å². The van der Waals surface area contributed by atoms with Gasteiger partial charge in [-0.05, 0) is 24.5 Å². The maximum absolute atomic E-state index is 11.9. The van der Waals surface area contributed by atoms with Gasteiger partial charge in [0.15, 0.2) is 0 Å². The largest absolute Gasteiger partial charge is 0.356 e. The van der Waals surface area contributed by atoms with E-state index in [2.05, 4.69) is 10.0 Å². The van der Waals surface area contributed by atoms with Crippen LogP contribution in [0.4, 0.5) is 0 Å². The summed E-state index contributed by atoms with van der Waals surface area (Å²) >= 11 is 1.21. The van der Waals surface area contributed by atoms with Crippen molar-refractivity contribution in [3.63, 3.8) is 0 Å². The highest BCUT2D eigenvalue weighted by Gasteiger charge is 2.15. The van der Waals surface area contributed by atoms with Crippen LogP contribution >= 0.6 is 11.3 Å². The molecular weight excluding hydrogens is 310 g/mol. The number of sulfonamides is 1. The quantitative estimate of drug-likeness (QED) is 0.619. The highest BCUT2D eigenvalue weighted by atomic mass is 32.2. The molecule has 0 aliphatic heterocycles. The molecule has 4 N–H and O–H groups in total. The molecule has 0 atom stereocenters. The minimum Gasteiger partial charge on any atom is -0.356 e. The minimum absolute atomic E-state index is 0.0269. The summed E-state index contributed by atoms with van der Waals surface area (Å²) in [6.07, 6.45) is 1.13. The van der Waals surface area contributed by atoms with Gasteiger partial charge in [-0.1, -0.05) is 13.8 Å². The SMILES string of the molecule is CC(C)CC(=O)NCCc1ccc(S(=O)(=O)NCCN)s1. The van der Waals surface area contributed by atoms with Crippen molar-refractivity contribution >= 4 is 27.3 Å². The molecule has 0 bridgehead atoms. The number of carbonyl (C=O) groups is 1. The van der Waals surface area contributed by atoms with Gasteiger partial charge < -0.3 is 11.1 Å². The fourth-order valence-electron chi connectivity index (χ4n) is 1.67. The van der Waals surface area contributed by atoms with E-state index in [4.69, 9.17) is 5.73 Å². The second-order valence-corrected chi connectivity index (χ2v) is 8.27. The third-order valence-corrected chi connectivity index (χ3v) is 5.72. The molecule has 0 fully saturated rings. The van der Waals surface area contributed by atoms with Gasteiger partial charge in [0.25, 0.3) is 0 Å². The minimum atomic E-state index is -3.46. The number of hydrogen-bond donors (Lipinski definition) is 3. The lowest BCUT2D eigenvalue weighted by Gasteiger charge is -2.06. The van der Waals surface area contributed by atoms with E-state index in [1.807, 2.05) is 13.8 Å². The molecule has 1 rings (SSSR count). The number of nitrogens with one attached hydrogen (secondary N) is 2. The molecule has 0 aliphatic rings. The Bertz CT molecular complexity index is 553. The monoisotopic (exact) mass is 333 g/mol. The molecule has 1 heterocycles. The third-order valence-electron chi connectivity index (χ3n) is 2.63. The van der Waals surface area contributed by atoms with E-state index in [9.17, 15) is 13.2 Å². The molecule has 0 aliphatic carbocycles. The smallest absolute Gasteiger partial charge is 0.250 e. The van der Waals surface area contributed by atoms with Crippen LogP contribution in [-0.2, 0) is 21.2 Å².